The molecule has 0 amide bonds. The van der Waals surface area contributed by atoms with E-state index in [9.17, 15) is 18.0 Å². The van der Waals surface area contributed by atoms with Gasteiger partial charge in [0, 0.05) is 24.3 Å². The molecule has 1 aromatic heterocycles. The third-order valence-electron chi connectivity index (χ3n) is 3.41. The Morgan fingerprint density at radius 1 is 1.18 bits per heavy atom. The number of pyridine rings is 1. The second-order valence-electron chi connectivity index (χ2n) is 5.35. The largest absolute Gasteiger partial charge is 0.416 e. The maximum Gasteiger partial charge on any atom is 0.416 e. The molecule has 22 heavy (non-hydrogen) atoms. The summed E-state index contributed by atoms with van der Waals surface area (Å²) in [5.41, 5.74) is 6.20. The Hall–Kier alpha value is -2.08. The number of halogens is 3. The zero-order valence-electron chi connectivity index (χ0n) is 12.3. The predicted octanol–water partition coefficient (Wildman–Crippen LogP) is 3.57. The summed E-state index contributed by atoms with van der Waals surface area (Å²) in [5, 5.41) is 0. The second kappa shape index (κ2) is 5.96. The first-order valence-electron chi connectivity index (χ1n) is 6.86. The van der Waals surface area contributed by atoms with Crippen molar-refractivity contribution in [2.75, 3.05) is 0 Å². The first-order chi connectivity index (χ1) is 10.2. The van der Waals surface area contributed by atoms with E-state index in [1.165, 1.54) is 16.7 Å². The lowest BCUT2D eigenvalue weighted by Crippen LogP contribution is -2.24. The molecule has 0 bridgehead atoms. The van der Waals surface area contributed by atoms with Crippen LogP contribution in [0.1, 0.15) is 31.0 Å². The highest BCUT2D eigenvalue weighted by molar-refractivity contribution is 5.63. The van der Waals surface area contributed by atoms with Crippen molar-refractivity contribution in [3.05, 3.63) is 58.0 Å². The first-order valence-corrected chi connectivity index (χ1v) is 6.86. The summed E-state index contributed by atoms with van der Waals surface area (Å²) in [6.07, 6.45) is -2.71. The average molecular weight is 310 g/mol. The molecule has 1 heterocycles. The smallest absolute Gasteiger partial charge is 0.326 e. The second-order valence-corrected chi connectivity index (χ2v) is 5.35. The van der Waals surface area contributed by atoms with Crippen molar-refractivity contribution in [3.63, 3.8) is 0 Å². The number of rotatable bonds is 3. The molecule has 0 radical (unpaired) electrons. The van der Waals surface area contributed by atoms with E-state index < -0.39 is 11.7 Å². The number of hydrogen-bond donors (Lipinski definition) is 1. The van der Waals surface area contributed by atoms with E-state index in [1.807, 2.05) is 13.8 Å². The van der Waals surface area contributed by atoms with Gasteiger partial charge in [-0.1, -0.05) is 12.1 Å². The first kappa shape index (κ1) is 16.3. The maximum atomic E-state index is 12.6. The molecule has 6 heteroatoms. The van der Waals surface area contributed by atoms with Crippen LogP contribution in [0.15, 0.2) is 41.3 Å². The molecule has 1 aromatic carbocycles. The molecular formula is C16H17F3N2O. The van der Waals surface area contributed by atoms with Crippen LogP contribution in [0, 0.1) is 0 Å². The molecular weight excluding hydrogens is 293 g/mol. The fourth-order valence-electron chi connectivity index (χ4n) is 2.20. The van der Waals surface area contributed by atoms with Gasteiger partial charge in [0.2, 0.25) is 0 Å². The van der Waals surface area contributed by atoms with Crippen LogP contribution in [0.3, 0.4) is 0 Å². The van der Waals surface area contributed by atoms with Crippen LogP contribution in [0.25, 0.3) is 11.1 Å². The number of nitrogens with two attached hydrogens (primary N) is 1. The van der Waals surface area contributed by atoms with E-state index in [2.05, 4.69) is 0 Å². The van der Waals surface area contributed by atoms with Crippen molar-refractivity contribution >= 4 is 0 Å². The van der Waals surface area contributed by atoms with Gasteiger partial charge >= 0.3 is 6.18 Å². The molecule has 0 saturated heterocycles. The Kier molecular flexibility index (Phi) is 4.42. The number of aromatic nitrogens is 1. The van der Waals surface area contributed by atoms with Gasteiger partial charge in [0.05, 0.1) is 5.56 Å². The summed E-state index contributed by atoms with van der Waals surface area (Å²) < 4.78 is 39.4. The van der Waals surface area contributed by atoms with Crippen molar-refractivity contribution in [3.8, 4) is 11.1 Å². The molecule has 0 aliphatic carbocycles. The standard InChI is InChI=1S/C16H17F3N2O/c1-10(2)21-9-11(8-20)7-14(15(21)22)12-3-5-13(6-4-12)16(17,18)19/h3-7,9-10H,8,20H2,1-2H3. The topological polar surface area (TPSA) is 48.0 Å². The normalized spacial score (nSPS) is 12.0. The van der Waals surface area contributed by atoms with Crippen molar-refractivity contribution < 1.29 is 13.2 Å². The fraction of sp³-hybridized carbons (Fsp3) is 0.312. The number of hydrogen-bond acceptors (Lipinski definition) is 2. The highest BCUT2D eigenvalue weighted by atomic mass is 19.4. The van der Waals surface area contributed by atoms with Crippen molar-refractivity contribution in [1.82, 2.24) is 4.57 Å². The number of nitrogens with zero attached hydrogens (tertiary/aromatic N) is 1. The Bertz CT molecular complexity index is 716. The number of alkyl halides is 3. The fourth-order valence-corrected chi connectivity index (χ4v) is 2.20. The zero-order valence-corrected chi connectivity index (χ0v) is 12.3. The number of benzene rings is 1. The Morgan fingerprint density at radius 3 is 2.23 bits per heavy atom. The summed E-state index contributed by atoms with van der Waals surface area (Å²) in [6.45, 7) is 3.97. The van der Waals surface area contributed by atoms with Gasteiger partial charge in [0.25, 0.3) is 5.56 Å². The minimum atomic E-state index is -4.39. The van der Waals surface area contributed by atoms with Crippen LogP contribution in [-0.4, -0.2) is 4.57 Å². The summed E-state index contributed by atoms with van der Waals surface area (Å²) in [5.74, 6) is 0. The highest BCUT2D eigenvalue weighted by Crippen LogP contribution is 2.30. The van der Waals surface area contributed by atoms with E-state index in [0.717, 1.165) is 17.7 Å². The molecule has 0 spiro atoms. The van der Waals surface area contributed by atoms with Gasteiger partial charge < -0.3 is 10.3 Å². The van der Waals surface area contributed by atoms with Crippen LogP contribution < -0.4 is 11.3 Å². The van der Waals surface area contributed by atoms with Gasteiger partial charge in [0.1, 0.15) is 0 Å². The third kappa shape index (κ3) is 3.22. The predicted molar refractivity (Wildman–Crippen MR) is 79.4 cm³/mol. The van der Waals surface area contributed by atoms with Crippen molar-refractivity contribution in [1.29, 1.82) is 0 Å². The van der Waals surface area contributed by atoms with Gasteiger partial charge in [-0.2, -0.15) is 13.2 Å². The van der Waals surface area contributed by atoms with Gasteiger partial charge in [-0.3, -0.25) is 4.79 Å². The van der Waals surface area contributed by atoms with E-state index in [4.69, 9.17) is 5.73 Å². The van der Waals surface area contributed by atoms with Crippen LogP contribution >= 0.6 is 0 Å². The molecule has 0 saturated carbocycles. The van der Waals surface area contributed by atoms with Crippen LogP contribution in [-0.2, 0) is 12.7 Å². The molecule has 2 rings (SSSR count). The molecule has 0 aliphatic rings. The molecule has 0 fully saturated rings. The van der Waals surface area contributed by atoms with Gasteiger partial charge in [-0.05, 0) is 43.2 Å². The summed E-state index contributed by atoms with van der Waals surface area (Å²) >= 11 is 0. The maximum absolute atomic E-state index is 12.6. The monoisotopic (exact) mass is 310 g/mol. The highest BCUT2D eigenvalue weighted by Gasteiger charge is 2.30. The Balaban J connectivity index is 2.57. The molecule has 118 valence electrons. The molecule has 3 nitrogen and oxygen atoms in total. The molecule has 0 atom stereocenters. The van der Waals surface area contributed by atoms with E-state index in [-0.39, 0.29) is 18.1 Å². The molecule has 0 aliphatic heterocycles. The summed E-state index contributed by atoms with van der Waals surface area (Å²) in [6, 6.07) is 6.14. The zero-order chi connectivity index (χ0) is 16.5. The minimum absolute atomic E-state index is 0.0628. The quantitative estimate of drug-likeness (QED) is 0.942. The third-order valence-corrected chi connectivity index (χ3v) is 3.41. The van der Waals surface area contributed by atoms with E-state index in [0.29, 0.717) is 11.1 Å². The van der Waals surface area contributed by atoms with Crippen LogP contribution in [0.2, 0.25) is 0 Å². The Morgan fingerprint density at radius 2 is 1.77 bits per heavy atom. The summed E-state index contributed by atoms with van der Waals surface area (Å²) in [7, 11) is 0. The van der Waals surface area contributed by atoms with Crippen LogP contribution in [0.5, 0.6) is 0 Å². The van der Waals surface area contributed by atoms with E-state index >= 15 is 0 Å². The SMILES string of the molecule is CC(C)n1cc(CN)cc(-c2ccc(C(F)(F)F)cc2)c1=O. The minimum Gasteiger partial charge on any atom is -0.326 e. The van der Waals surface area contributed by atoms with Crippen molar-refractivity contribution in [2.24, 2.45) is 5.73 Å². The lowest BCUT2D eigenvalue weighted by molar-refractivity contribution is -0.137. The van der Waals surface area contributed by atoms with Gasteiger partial charge in [0.15, 0.2) is 0 Å². The molecule has 2 aromatic rings. The average Bonchev–Trinajstić information content (AvgIpc) is 2.46. The van der Waals surface area contributed by atoms with Crippen LogP contribution in [0.4, 0.5) is 13.2 Å². The van der Waals surface area contributed by atoms with Crippen molar-refractivity contribution in [2.45, 2.75) is 32.6 Å². The summed E-state index contributed by atoms with van der Waals surface area (Å²) in [4.78, 5) is 12.5. The van der Waals surface area contributed by atoms with Gasteiger partial charge in [-0.25, -0.2) is 0 Å². The lowest BCUT2D eigenvalue weighted by atomic mass is 10.0. The van der Waals surface area contributed by atoms with E-state index in [1.54, 1.807) is 12.3 Å². The Labute approximate surface area is 126 Å². The molecule has 2 N–H and O–H groups in total. The molecule has 0 unspecified atom stereocenters. The lowest BCUT2D eigenvalue weighted by Gasteiger charge is -2.14. The van der Waals surface area contributed by atoms with Gasteiger partial charge in [-0.15, -0.1) is 0 Å².